The average molecular weight is 813 g/mol. The summed E-state index contributed by atoms with van der Waals surface area (Å²) in [4.78, 5) is 63.3. The van der Waals surface area contributed by atoms with Gasteiger partial charge in [0.2, 0.25) is 17.8 Å². The molecule has 9 rings (SSSR count). The first kappa shape index (κ1) is 39.3. The van der Waals surface area contributed by atoms with Gasteiger partial charge in [0.25, 0.3) is 5.56 Å². The summed E-state index contributed by atoms with van der Waals surface area (Å²) in [5, 5.41) is 20.6. The van der Waals surface area contributed by atoms with Crippen LogP contribution in [0.4, 0.5) is 28.8 Å². The van der Waals surface area contributed by atoms with Crippen molar-refractivity contribution in [3.8, 4) is 5.82 Å². The lowest BCUT2D eigenvalue weighted by Gasteiger charge is -2.40. The fourth-order valence-electron chi connectivity index (χ4n) is 9.09. The molecule has 0 spiro atoms. The SMILES string of the molecule is C=CCn1c(=O)c2cnc(Nc3ccc(N4CCN(CC5CCN(c6ccc(NC7CCC(=O)NC7=O)cn6)CC5)CC4)cc3)nc2n1-c1ccc2c(n1)[C@@](O)(CC)CC2. The molecule has 16 heteroatoms. The molecule has 0 saturated carbocycles. The first-order valence-electron chi connectivity index (χ1n) is 21.2. The zero-order valence-electron chi connectivity index (χ0n) is 34.0. The number of benzene rings is 1. The van der Waals surface area contributed by atoms with E-state index in [4.69, 9.17) is 9.97 Å². The second-order valence-electron chi connectivity index (χ2n) is 16.4. The predicted octanol–water partition coefficient (Wildman–Crippen LogP) is 4.10. The van der Waals surface area contributed by atoms with Gasteiger partial charge in [-0.3, -0.25) is 24.6 Å². The highest BCUT2D eigenvalue weighted by molar-refractivity contribution is 6.01. The number of piperazine rings is 1. The maximum Gasteiger partial charge on any atom is 0.278 e. The van der Waals surface area contributed by atoms with Crippen LogP contribution in [0.1, 0.15) is 56.7 Å². The summed E-state index contributed by atoms with van der Waals surface area (Å²) in [7, 11) is 0. The van der Waals surface area contributed by atoms with Crippen LogP contribution in [0.3, 0.4) is 0 Å². The number of nitrogens with one attached hydrogen (secondary N) is 3. The van der Waals surface area contributed by atoms with E-state index >= 15 is 0 Å². The lowest BCUT2D eigenvalue weighted by molar-refractivity contribution is -0.133. The van der Waals surface area contributed by atoms with Crippen molar-refractivity contribution in [1.29, 1.82) is 0 Å². The zero-order chi connectivity index (χ0) is 41.4. The number of amides is 2. The highest BCUT2D eigenvalue weighted by Gasteiger charge is 2.37. The number of carbonyl (C=O) groups excluding carboxylic acids is 2. The minimum absolute atomic E-state index is 0.220. The molecular formula is C44H52N12O4. The molecule has 1 aliphatic carbocycles. The van der Waals surface area contributed by atoms with Crippen LogP contribution in [0.5, 0.6) is 0 Å². The number of fused-ring (bicyclic) bond motifs is 2. The molecule has 1 unspecified atom stereocenters. The lowest BCUT2D eigenvalue weighted by Crippen LogP contribution is -2.49. The fraction of sp³-hybridized carbons (Fsp3) is 0.432. The van der Waals surface area contributed by atoms with Gasteiger partial charge in [0, 0.05) is 69.8 Å². The Hall–Kier alpha value is -6.13. The van der Waals surface area contributed by atoms with E-state index in [-0.39, 0.29) is 23.9 Å². The van der Waals surface area contributed by atoms with Crippen LogP contribution in [0, 0.1) is 5.92 Å². The molecule has 5 aromatic rings. The molecule has 4 aliphatic rings. The summed E-state index contributed by atoms with van der Waals surface area (Å²) in [6.07, 6.45) is 10.0. The first-order chi connectivity index (χ1) is 29.2. The Bertz CT molecular complexity index is 2450. The van der Waals surface area contributed by atoms with Crippen LogP contribution in [0.15, 0.2) is 78.4 Å². The van der Waals surface area contributed by atoms with E-state index < -0.39 is 11.6 Å². The van der Waals surface area contributed by atoms with Crippen molar-refractivity contribution in [2.75, 3.05) is 66.2 Å². The summed E-state index contributed by atoms with van der Waals surface area (Å²) in [5.74, 6) is 1.96. The normalized spacial score (nSPS) is 21.3. The van der Waals surface area contributed by atoms with E-state index in [0.717, 1.165) is 87.8 Å². The molecule has 0 bridgehead atoms. The van der Waals surface area contributed by atoms with Crippen LogP contribution in [-0.4, -0.2) is 103 Å². The zero-order valence-corrected chi connectivity index (χ0v) is 34.0. The van der Waals surface area contributed by atoms with Gasteiger partial charge in [-0.25, -0.2) is 24.3 Å². The van der Waals surface area contributed by atoms with Crippen molar-refractivity contribution in [2.24, 2.45) is 5.92 Å². The molecule has 4 aromatic heterocycles. The molecule has 2 amide bonds. The van der Waals surface area contributed by atoms with Gasteiger partial charge in [-0.05, 0) is 92.5 Å². The third kappa shape index (κ3) is 7.84. The number of aryl methyl sites for hydroxylation is 1. The van der Waals surface area contributed by atoms with Gasteiger partial charge in [-0.1, -0.05) is 19.1 Å². The van der Waals surface area contributed by atoms with Gasteiger partial charge in [-0.15, -0.1) is 6.58 Å². The summed E-state index contributed by atoms with van der Waals surface area (Å²) < 4.78 is 3.26. The van der Waals surface area contributed by atoms with Gasteiger partial charge in [-0.2, -0.15) is 4.98 Å². The topological polar surface area (TPSA) is 179 Å². The largest absolute Gasteiger partial charge is 0.384 e. The van der Waals surface area contributed by atoms with Crippen molar-refractivity contribution >= 4 is 51.7 Å². The lowest BCUT2D eigenvalue weighted by atomic mass is 9.96. The number of hydrogen-bond donors (Lipinski definition) is 4. The van der Waals surface area contributed by atoms with E-state index in [1.165, 1.54) is 5.69 Å². The van der Waals surface area contributed by atoms with Crippen molar-refractivity contribution in [2.45, 2.75) is 70.1 Å². The van der Waals surface area contributed by atoms with E-state index in [1.54, 1.807) is 27.8 Å². The van der Waals surface area contributed by atoms with E-state index in [9.17, 15) is 19.5 Å². The maximum absolute atomic E-state index is 13.5. The number of hydrogen-bond acceptors (Lipinski definition) is 13. The van der Waals surface area contributed by atoms with Crippen LogP contribution in [-0.2, 0) is 28.2 Å². The van der Waals surface area contributed by atoms with E-state index in [1.807, 2.05) is 43.3 Å². The standard InChI is InChI=1S/C44H52N12O4/c1-3-19-55-42(59)34-27-46-43(51-40(34)56(55)37-12-5-30-15-18-44(60,4-2)39(30)49-37)48-31-6-9-33(10-7-31)53-24-22-52(23-25-53)28-29-16-20-54(21-17-29)36-13-8-32(26-45-36)47-35-11-14-38(57)50-41(35)58/h3,5-10,12-13,26-27,29,35,47,60H,1,4,11,14-25,28H2,2H3,(H,46,48,51)(H,50,57,58)/t35?,44-/m1/s1. The Morgan fingerprint density at radius 2 is 1.63 bits per heavy atom. The number of pyridine rings is 2. The van der Waals surface area contributed by atoms with Crippen molar-refractivity contribution in [1.82, 2.24) is 39.5 Å². The number of allylic oxidation sites excluding steroid dienone is 1. The number of anilines is 5. The van der Waals surface area contributed by atoms with Crippen LogP contribution in [0.2, 0.25) is 0 Å². The Labute approximate surface area is 348 Å². The molecule has 16 nitrogen and oxygen atoms in total. The van der Waals surface area contributed by atoms with Gasteiger partial charge in [0.1, 0.15) is 22.8 Å². The van der Waals surface area contributed by atoms with Gasteiger partial charge >= 0.3 is 0 Å². The number of aromatic nitrogens is 6. The Morgan fingerprint density at radius 1 is 0.867 bits per heavy atom. The highest BCUT2D eigenvalue weighted by atomic mass is 16.3. The highest BCUT2D eigenvalue weighted by Crippen LogP contribution is 2.38. The van der Waals surface area contributed by atoms with Crippen molar-refractivity contribution in [3.05, 3.63) is 95.2 Å². The van der Waals surface area contributed by atoms with Gasteiger partial charge in [0.15, 0.2) is 11.5 Å². The summed E-state index contributed by atoms with van der Waals surface area (Å²) >= 11 is 0. The third-order valence-electron chi connectivity index (χ3n) is 12.6. The minimum Gasteiger partial charge on any atom is -0.384 e. The smallest absolute Gasteiger partial charge is 0.278 e. The number of imide groups is 1. The molecule has 0 radical (unpaired) electrons. The molecule has 4 N–H and O–H groups in total. The second kappa shape index (κ2) is 16.5. The number of aliphatic hydroxyl groups is 1. The first-order valence-corrected chi connectivity index (χ1v) is 21.2. The Kier molecular flexibility index (Phi) is 10.8. The van der Waals surface area contributed by atoms with E-state index in [0.29, 0.717) is 60.1 Å². The molecule has 3 saturated heterocycles. The Balaban J connectivity index is 0.780. The van der Waals surface area contributed by atoms with Gasteiger partial charge in [0.05, 0.1) is 24.1 Å². The maximum atomic E-state index is 13.5. The average Bonchev–Trinajstić information content (AvgIpc) is 3.75. The third-order valence-corrected chi connectivity index (χ3v) is 12.6. The fourth-order valence-corrected chi connectivity index (χ4v) is 9.09. The molecule has 3 fully saturated rings. The minimum atomic E-state index is -0.990. The second-order valence-corrected chi connectivity index (χ2v) is 16.4. The number of rotatable bonds is 12. The predicted molar refractivity (Wildman–Crippen MR) is 231 cm³/mol. The number of piperidine rings is 2. The quantitative estimate of drug-likeness (QED) is 0.105. The van der Waals surface area contributed by atoms with Crippen molar-refractivity contribution in [3.63, 3.8) is 0 Å². The van der Waals surface area contributed by atoms with E-state index in [2.05, 4.69) is 59.3 Å². The molecule has 312 valence electrons. The van der Waals surface area contributed by atoms with Gasteiger partial charge < -0.3 is 25.5 Å². The molecule has 1 aromatic carbocycles. The van der Waals surface area contributed by atoms with Crippen LogP contribution >= 0.6 is 0 Å². The summed E-state index contributed by atoms with van der Waals surface area (Å²) in [5.41, 5.74) is 3.66. The number of nitrogens with zero attached hydrogens (tertiary/aromatic N) is 9. The number of carbonyl (C=O) groups is 2. The molecule has 60 heavy (non-hydrogen) atoms. The molecule has 7 heterocycles. The molecule has 2 atom stereocenters. The van der Waals surface area contributed by atoms with Crippen molar-refractivity contribution < 1.29 is 14.7 Å². The molecule has 3 aliphatic heterocycles. The summed E-state index contributed by atoms with van der Waals surface area (Å²) in [6, 6.07) is 15.7. The van der Waals surface area contributed by atoms with Crippen LogP contribution < -0.4 is 31.3 Å². The Morgan fingerprint density at radius 3 is 2.35 bits per heavy atom. The summed E-state index contributed by atoms with van der Waals surface area (Å²) in [6.45, 7) is 13.1. The monoisotopic (exact) mass is 812 g/mol. The molecular weight excluding hydrogens is 761 g/mol. The van der Waals surface area contributed by atoms with Crippen LogP contribution in [0.25, 0.3) is 16.9 Å².